The van der Waals surface area contributed by atoms with Crippen molar-refractivity contribution in [2.75, 3.05) is 4.90 Å². The number of aromatic nitrogens is 3. The molecule has 0 saturated carbocycles. The smallest absolute Gasteiger partial charge is 0.301 e. The van der Waals surface area contributed by atoms with Crippen LogP contribution in [0, 0.1) is 12.7 Å². The van der Waals surface area contributed by atoms with E-state index < -0.39 is 17.7 Å². The number of benzene rings is 3. The minimum absolute atomic E-state index is 0.0644. The third kappa shape index (κ3) is 6.10. The van der Waals surface area contributed by atoms with Crippen molar-refractivity contribution in [1.82, 2.24) is 15.2 Å². The summed E-state index contributed by atoms with van der Waals surface area (Å²) in [7, 11) is 0. The molecule has 3 heterocycles. The van der Waals surface area contributed by atoms with Gasteiger partial charge in [-0.1, -0.05) is 59.5 Å². The highest BCUT2D eigenvalue weighted by atomic mass is 32.2. The number of hydrogen-bond donors (Lipinski definition) is 1. The van der Waals surface area contributed by atoms with Crippen LogP contribution < -0.4 is 9.64 Å². The molecular weight excluding hydrogens is 600 g/mol. The lowest BCUT2D eigenvalue weighted by molar-refractivity contribution is -0.132. The first kappa shape index (κ1) is 29.2. The number of Topliss-reactive ketones (excluding diaryl/α,β-unsaturated/α-hetero) is 1. The molecule has 2 aromatic heterocycles. The van der Waals surface area contributed by atoms with Gasteiger partial charge in [-0.2, -0.15) is 0 Å². The fraction of sp³-hybridized carbons (Fsp3) is 0.121. The number of halogens is 1. The second-order valence-corrected chi connectivity index (χ2v) is 12.1. The van der Waals surface area contributed by atoms with Gasteiger partial charge in [0.15, 0.2) is 4.34 Å². The number of ether oxygens (including phenoxy) is 1. The number of rotatable bonds is 9. The highest BCUT2D eigenvalue weighted by molar-refractivity contribution is 8.00. The zero-order chi connectivity index (χ0) is 30.6. The fourth-order valence-corrected chi connectivity index (χ4v) is 6.60. The molecule has 44 heavy (non-hydrogen) atoms. The Labute approximate surface area is 260 Å². The molecule has 1 amide bonds. The number of ketones is 1. The molecule has 1 atom stereocenters. The quantitative estimate of drug-likeness (QED) is 0.0622. The Balaban J connectivity index is 1.28. The number of carbonyl (C=O) groups is 2. The maximum Gasteiger partial charge on any atom is 0.301 e. The summed E-state index contributed by atoms with van der Waals surface area (Å²) in [5, 5.41) is 20.1. The van der Waals surface area contributed by atoms with Crippen molar-refractivity contribution in [3.63, 3.8) is 0 Å². The van der Waals surface area contributed by atoms with Crippen LogP contribution in [0.25, 0.3) is 5.76 Å². The summed E-state index contributed by atoms with van der Waals surface area (Å²) in [4.78, 5) is 32.2. The van der Waals surface area contributed by atoms with Gasteiger partial charge in [0.25, 0.3) is 5.78 Å². The number of nitrogens with zero attached hydrogens (tertiary/aromatic N) is 4. The van der Waals surface area contributed by atoms with E-state index in [0.717, 1.165) is 28.0 Å². The molecule has 0 aliphatic carbocycles. The first-order valence-corrected chi connectivity index (χ1v) is 15.4. The number of aryl methyl sites for hydroxylation is 1. The van der Waals surface area contributed by atoms with Crippen LogP contribution >= 0.6 is 23.1 Å². The molecule has 1 saturated heterocycles. The highest BCUT2D eigenvalue weighted by Gasteiger charge is 2.48. The van der Waals surface area contributed by atoms with E-state index in [2.05, 4.69) is 15.2 Å². The SMILES string of the molecule is Cc1ccccc1COc1ccc(/C(O)=C2\C(=O)C(=O)N(c3nnc(SCc4ccc(F)cc4)s3)C2c2ccncc2)cc1. The van der Waals surface area contributed by atoms with Gasteiger partial charge in [-0.15, -0.1) is 10.2 Å². The van der Waals surface area contributed by atoms with Crippen LogP contribution in [-0.4, -0.2) is 32.0 Å². The van der Waals surface area contributed by atoms with E-state index in [0.29, 0.717) is 33.6 Å². The molecule has 8 nitrogen and oxygen atoms in total. The molecule has 6 rings (SSSR count). The number of anilines is 1. The van der Waals surface area contributed by atoms with Crippen molar-refractivity contribution in [2.24, 2.45) is 0 Å². The first-order valence-electron chi connectivity index (χ1n) is 13.6. The van der Waals surface area contributed by atoms with Gasteiger partial charge < -0.3 is 9.84 Å². The minimum Gasteiger partial charge on any atom is -0.507 e. The number of hydrogen-bond acceptors (Lipinski definition) is 9. The van der Waals surface area contributed by atoms with E-state index in [1.165, 1.54) is 28.8 Å². The molecule has 1 aliphatic heterocycles. The van der Waals surface area contributed by atoms with Crippen LogP contribution in [0.5, 0.6) is 5.75 Å². The van der Waals surface area contributed by atoms with E-state index in [4.69, 9.17) is 4.74 Å². The molecule has 0 bridgehead atoms. The maximum absolute atomic E-state index is 13.5. The predicted molar refractivity (Wildman–Crippen MR) is 167 cm³/mol. The Bertz CT molecular complexity index is 1840. The predicted octanol–water partition coefficient (Wildman–Crippen LogP) is 6.88. The lowest BCUT2D eigenvalue weighted by Crippen LogP contribution is -2.29. The van der Waals surface area contributed by atoms with Crippen LogP contribution in [0.3, 0.4) is 0 Å². The molecule has 5 aromatic rings. The van der Waals surface area contributed by atoms with Gasteiger partial charge in [0, 0.05) is 23.7 Å². The molecule has 1 unspecified atom stereocenters. The molecule has 3 aromatic carbocycles. The fourth-order valence-electron chi connectivity index (χ4n) is 4.77. The van der Waals surface area contributed by atoms with Gasteiger partial charge in [0.1, 0.15) is 23.9 Å². The molecular formula is C33H25FN4O4S2. The summed E-state index contributed by atoms with van der Waals surface area (Å²) in [6.07, 6.45) is 3.11. The summed E-state index contributed by atoms with van der Waals surface area (Å²) in [5.41, 5.74) is 3.96. The first-order chi connectivity index (χ1) is 21.4. The van der Waals surface area contributed by atoms with Crippen molar-refractivity contribution >= 4 is 45.7 Å². The molecule has 0 radical (unpaired) electrons. The van der Waals surface area contributed by atoms with Crippen LogP contribution in [0.1, 0.15) is 33.9 Å². The zero-order valence-electron chi connectivity index (χ0n) is 23.4. The Morgan fingerprint density at radius 2 is 1.70 bits per heavy atom. The Kier molecular flexibility index (Phi) is 8.49. The molecule has 220 valence electrons. The third-order valence-electron chi connectivity index (χ3n) is 7.13. The van der Waals surface area contributed by atoms with Crippen molar-refractivity contribution in [3.8, 4) is 5.75 Å². The number of carbonyl (C=O) groups excluding carboxylic acids is 2. The van der Waals surface area contributed by atoms with E-state index >= 15 is 0 Å². The molecule has 11 heteroatoms. The second kappa shape index (κ2) is 12.8. The van der Waals surface area contributed by atoms with Crippen molar-refractivity contribution in [1.29, 1.82) is 0 Å². The number of pyridine rings is 1. The lowest BCUT2D eigenvalue weighted by Gasteiger charge is -2.22. The van der Waals surface area contributed by atoms with Crippen LogP contribution in [0.2, 0.25) is 0 Å². The van der Waals surface area contributed by atoms with Crippen molar-refractivity contribution < 1.29 is 23.8 Å². The van der Waals surface area contributed by atoms with Gasteiger partial charge in [-0.3, -0.25) is 19.5 Å². The summed E-state index contributed by atoms with van der Waals surface area (Å²) >= 11 is 2.54. The Morgan fingerprint density at radius 1 is 0.977 bits per heavy atom. The van der Waals surface area contributed by atoms with Gasteiger partial charge >= 0.3 is 5.91 Å². The van der Waals surface area contributed by atoms with Crippen molar-refractivity contribution in [3.05, 3.63) is 137 Å². The number of amides is 1. The second-order valence-electron chi connectivity index (χ2n) is 9.95. The lowest BCUT2D eigenvalue weighted by atomic mass is 9.96. The van der Waals surface area contributed by atoms with Crippen LogP contribution in [0.15, 0.2) is 107 Å². The largest absolute Gasteiger partial charge is 0.507 e. The summed E-state index contributed by atoms with van der Waals surface area (Å²) in [6.45, 7) is 2.40. The van der Waals surface area contributed by atoms with E-state index in [9.17, 15) is 19.1 Å². The molecule has 0 spiro atoms. The normalized spacial score (nSPS) is 16.0. The number of aliphatic hydroxyl groups is 1. The third-order valence-corrected chi connectivity index (χ3v) is 9.25. The summed E-state index contributed by atoms with van der Waals surface area (Å²) < 4.78 is 19.8. The number of aliphatic hydroxyl groups excluding tert-OH is 1. The molecule has 1 aliphatic rings. The molecule has 1 fully saturated rings. The van der Waals surface area contributed by atoms with E-state index in [1.807, 2.05) is 31.2 Å². The van der Waals surface area contributed by atoms with Crippen LogP contribution in [-0.2, 0) is 21.9 Å². The number of thioether (sulfide) groups is 1. The Morgan fingerprint density at radius 3 is 2.43 bits per heavy atom. The average Bonchev–Trinajstić information content (AvgIpc) is 3.62. The average molecular weight is 625 g/mol. The van der Waals surface area contributed by atoms with Crippen LogP contribution in [0.4, 0.5) is 9.52 Å². The zero-order valence-corrected chi connectivity index (χ0v) is 25.0. The summed E-state index contributed by atoms with van der Waals surface area (Å²) in [6, 6.07) is 23.2. The van der Waals surface area contributed by atoms with E-state index in [-0.39, 0.29) is 22.3 Å². The summed E-state index contributed by atoms with van der Waals surface area (Å²) in [5.74, 6) is -1.17. The molecule has 1 N–H and O–H groups in total. The maximum atomic E-state index is 13.5. The highest BCUT2D eigenvalue weighted by Crippen LogP contribution is 2.44. The van der Waals surface area contributed by atoms with Gasteiger partial charge in [0.05, 0.1) is 11.6 Å². The Hall–Kier alpha value is -4.87. The minimum atomic E-state index is -0.946. The van der Waals surface area contributed by atoms with Crippen molar-refractivity contribution in [2.45, 2.75) is 29.7 Å². The van der Waals surface area contributed by atoms with E-state index in [1.54, 1.807) is 60.9 Å². The topological polar surface area (TPSA) is 106 Å². The standard InChI is InChI=1S/C33H25FN4O4S2/c1-20-4-2-3-5-24(20)18-42-26-12-8-23(9-13-26)29(39)27-28(22-14-16-35-17-15-22)38(31(41)30(27)40)32-36-37-33(44-32)43-19-21-6-10-25(34)11-7-21/h2-17,28,39H,18-19H2,1H3/b29-27+. The van der Waals surface area contributed by atoms with Gasteiger partial charge in [-0.05, 0) is 77.7 Å². The van der Waals surface area contributed by atoms with Gasteiger partial charge in [0.2, 0.25) is 5.13 Å². The van der Waals surface area contributed by atoms with Gasteiger partial charge in [-0.25, -0.2) is 4.39 Å². The monoisotopic (exact) mass is 624 g/mol.